The first-order valence-electron chi connectivity index (χ1n) is 6.63. The molecule has 1 aromatic rings. The molecule has 2 heterocycles. The van der Waals surface area contributed by atoms with Crippen LogP contribution >= 0.6 is 0 Å². The van der Waals surface area contributed by atoms with Gasteiger partial charge in [-0.05, 0) is 32.9 Å². The minimum atomic E-state index is -0.0804. The lowest BCUT2D eigenvalue weighted by molar-refractivity contribution is 0.270. The summed E-state index contributed by atoms with van der Waals surface area (Å²) in [5.74, 6) is 1.43. The van der Waals surface area contributed by atoms with E-state index in [9.17, 15) is 4.79 Å². The lowest BCUT2D eigenvalue weighted by Gasteiger charge is -2.28. The van der Waals surface area contributed by atoms with E-state index in [-0.39, 0.29) is 5.56 Å². The standard InChI is InChI=1S/C13H22N4O/c1-4-17-7-5-6-11(17)9-16(3)12-8-13(18)15-10(2)14-12/h8,11H,4-7,9H2,1-3H3,(H,14,15,18). The Morgan fingerprint density at radius 1 is 1.61 bits per heavy atom. The molecule has 0 spiro atoms. The zero-order valence-corrected chi connectivity index (χ0v) is 11.4. The Morgan fingerprint density at radius 2 is 2.39 bits per heavy atom. The summed E-state index contributed by atoms with van der Waals surface area (Å²) in [6, 6.07) is 2.15. The summed E-state index contributed by atoms with van der Waals surface area (Å²) in [6.07, 6.45) is 2.51. The molecule has 5 nitrogen and oxygen atoms in total. The van der Waals surface area contributed by atoms with Crippen molar-refractivity contribution in [2.75, 3.05) is 31.6 Å². The molecule has 5 heteroatoms. The quantitative estimate of drug-likeness (QED) is 0.866. The molecule has 0 saturated carbocycles. The molecule has 1 aliphatic rings. The van der Waals surface area contributed by atoms with E-state index in [1.165, 1.54) is 19.4 Å². The number of anilines is 1. The van der Waals surface area contributed by atoms with Crippen LogP contribution in [0, 0.1) is 6.92 Å². The van der Waals surface area contributed by atoms with Crippen LogP contribution in [0.3, 0.4) is 0 Å². The number of nitrogens with one attached hydrogen (secondary N) is 1. The van der Waals surface area contributed by atoms with Gasteiger partial charge in [-0.25, -0.2) is 4.98 Å². The maximum Gasteiger partial charge on any atom is 0.252 e. The average Bonchev–Trinajstić information content (AvgIpc) is 2.75. The van der Waals surface area contributed by atoms with Crippen molar-refractivity contribution in [2.24, 2.45) is 0 Å². The Labute approximate surface area is 108 Å². The van der Waals surface area contributed by atoms with Gasteiger partial charge in [0.25, 0.3) is 5.56 Å². The number of hydrogen-bond acceptors (Lipinski definition) is 4. The summed E-state index contributed by atoms with van der Waals surface area (Å²) >= 11 is 0. The molecular formula is C13H22N4O. The van der Waals surface area contributed by atoms with Crippen LogP contribution in [0.1, 0.15) is 25.6 Å². The van der Waals surface area contributed by atoms with E-state index in [4.69, 9.17) is 0 Å². The molecule has 1 aromatic heterocycles. The van der Waals surface area contributed by atoms with Crippen molar-refractivity contribution in [1.29, 1.82) is 0 Å². The van der Waals surface area contributed by atoms with Crippen molar-refractivity contribution in [1.82, 2.24) is 14.9 Å². The molecule has 0 bridgehead atoms. The first kappa shape index (κ1) is 13.1. The van der Waals surface area contributed by atoms with Gasteiger partial charge >= 0.3 is 0 Å². The van der Waals surface area contributed by atoms with Crippen molar-refractivity contribution >= 4 is 5.82 Å². The average molecular weight is 250 g/mol. The van der Waals surface area contributed by atoms with E-state index in [1.54, 1.807) is 6.07 Å². The van der Waals surface area contributed by atoms with Crippen molar-refractivity contribution < 1.29 is 0 Å². The Bertz CT molecular complexity index is 457. The van der Waals surface area contributed by atoms with E-state index in [0.29, 0.717) is 11.9 Å². The van der Waals surface area contributed by atoms with E-state index in [2.05, 4.69) is 26.7 Å². The third-order valence-corrected chi connectivity index (χ3v) is 3.63. The molecule has 1 aliphatic heterocycles. The minimum absolute atomic E-state index is 0.0804. The molecule has 0 radical (unpaired) electrons. The fourth-order valence-corrected chi connectivity index (χ4v) is 2.69. The van der Waals surface area contributed by atoms with Gasteiger partial charge in [0.2, 0.25) is 0 Å². The van der Waals surface area contributed by atoms with E-state index in [0.717, 1.165) is 18.9 Å². The maximum absolute atomic E-state index is 11.4. The smallest absolute Gasteiger partial charge is 0.252 e. The topological polar surface area (TPSA) is 52.2 Å². The van der Waals surface area contributed by atoms with Gasteiger partial charge in [-0.15, -0.1) is 0 Å². The van der Waals surface area contributed by atoms with E-state index >= 15 is 0 Å². The van der Waals surface area contributed by atoms with Gasteiger partial charge < -0.3 is 9.88 Å². The Balaban J connectivity index is 2.07. The Hall–Kier alpha value is -1.36. The Morgan fingerprint density at radius 3 is 3.06 bits per heavy atom. The number of H-pyrrole nitrogens is 1. The molecule has 1 unspecified atom stereocenters. The highest BCUT2D eigenvalue weighted by molar-refractivity contribution is 5.36. The molecule has 1 atom stereocenters. The minimum Gasteiger partial charge on any atom is -0.358 e. The lowest BCUT2D eigenvalue weighted by atomic mass is 10.2. The molecule has 1 saturated heterocycles. The maximum atomic E-state index is 11.4. The van der Waals surface area contributed by atoms with Crippen LogP contribution in [-0.2, 0) is 0 Å². The van der Waals surface area contributed by atoms with Gasteiger partial charge in [0.1, 0.15) is 11.6 Å². The van der Waals surface area contributed by atoms with Gasteiger partial charge in [-0.3, -0.25) is 9.69 Å². The van der Waals surface area contributed by atoms with Crippen LogP contribution in [0.15, 0.2) is 10.9 Å². The van der Waals surface area contributed by atoms with Crippen LogP contribution < -0.4 is 10.5 Å². The van der Waals surface area contributed by atoms with Crippen LogP contribution in [0.4, 0.5) is 5.82 Å². The van der Waals surface area contributed by atoms with Gasteiger partial charge in [0.05, 0.1) is 0 Å². The summed E-state index contributed by atoms with van der Waals surface area (Å²) in [7, 11) is 2.01. The predicted octanol–water partition coefficient (Wildman–Crippen LogP) is 0.999. The number of rotatable bonds is 4. The van der Waals surface area contributed by atoms with Crippen LogP contribution in [0.2, 0.25) is 0 Å². The van der Waals surface area contributed by atoms with Crippen LogP contribution in [-0.4, -0.2) is 47.6 Å². The molecule has 1 N–H and O–H groups in total. The first-order chi connectivity index (χ1) is 8.60. The zero-order valence-electron chi connectivity index (χ0n) is 11.4. The molecule has 18 heavy (non-hydrogen) atoms. The number of hydrogen-bond donors (Lipinski definition) is 1. The van der Waals surface area contributed by atoms with Gasteiger partial charge in [-0.2, -0.15) is 0 Å². The van der Waals surface area contributed by atoms with Gasteiger partial charge in [-0.1, -0.05) is 6.92 Å². The highest BCUT2D eigenvalue weighted by atomic mass is 16.1. The zero-order chi connectivity index (χ0) is 13.1. The Kier molecular flexibility index (Phi) is 4.01. The largest absolute Gasteiger partial charge is 0.358 e. The van der Waals surface area contributed by atoms with E-state index in [1.807, 2.05) is 14.0 Å². The number of likely N-dealkylation sites (tertiary alicyclic amines) is 1. The summed E-state index contributed by atoms with van der Waals surface area (Å²) in [6.45, 7) is 7.24. The second-order valence-electron chi connectivity index (χ2n) is 4.99. The number of aryl methyl sites for hydroxylation is 1. The number of aromatic amines is 1. The monoisotopic (exact) mass is 250 g/mol. The number of likely N-dealkylation sites (N-methyl/N-ethyl adjacent to an activating group) is 2. The molecule has 0 amide bonds. The molecule has 0 aliphatic carbocycles. The highest BCUT2D eigenvalue weighted by Crippen LogP contribution is 2.18. The summed E-state index contributed by atoms with van der Waals surface area (Å²) in [4.78, 5) is 23.1. The van der Waals surface area contributed by atoms with Crippen molar-refractivity contribution in [3.05, 3.63) is 22.2 Å². The molecule has 0 aromatic carbocycles. The second kappa shape index (κ2) is 5.52. The lowest BCUT2D eigenvalue weighted by Crippen LogP contribution is -2.39. The summed E-state index contributed by atoms with van der Waals surface area (Å²) in [5.41, 5.74) is -0.0804. The van der Waals surface area contributed by atoms with Crippen LogP contribution in [0.5, 0.6) is 0 Å². The highest BCUT2D eigenvalue weighted by Gasteiger charge is 2.24. The second-order valence-corrected chi connectivity index (χ2v) is 4.99. The molecule has 2 rings (SSSR count). The molecule has 1 fully saturated rings. The predicted molar refractivity (Wildman–Crippen MR) is 73.1 cm³/mol. The van der Waals surface area contributed by atoms with E-state index < -0.39 is 0 Å². The van der Waals surface area contributed by atoms with Gasteiger partial charge in [0, 0.05) is 25.7 Å². The first-order valence-corrected chi connectivity index (χ1v) is 6.63. The third kappa shape index (κ3) is 2.90. The fraction of sp³-hybridized carbons (Fsp3) is 0.692. The fourth-order valence-electron chi connectivity index (χ4n) is 2.69. The number of aromatic nitrogens is 2. The normalized spacial score (nSPS) is 20.3. The van der Waals surface area contributed by atoms with Crippen LogP contribution in [0.25, 0.3) is 0 Å². The van der Waals surface area contributed by atoms with Crippen molar-refractivity contribution in [2.45, 2.75) is 32.7 Å². The van der Waals surface area contributed by atoms with Gasteiger partial charge in [0.15, 0.2) is 0 Å². The summed E-state index contributed by atoms with van der Waals surface area (Å²) < 4.78 is 0. The van der Waals surface area contributed by atoms with Crippen molar-refractivity contribution in [3.63, 3.8) is 0 Å². The van der Waals surface area contributed by atoms with Crippen molar-refractivity contribution in [3.8, 4) is 0 Å². The summed E-state index contributed by atoms with van der Waals surface area (Å²) in [5, 5.41) is 0. The molecular weight excluding hydrogens is 228 g/mol. The SMILES string of the molecule is CCN1CCCC1CN(C)c1cc(=O)[nH]c(C)n1. The molecule has 100 valence electrons. The number of nitrogens with zero attached hydrogens (tertiary/aromatic N) is 3. The third-order valence-electron chi connectivity index (χ3n) is 3.63.